The molecular weight excluding hydrogens is 211 g/mol. The Balaban J connectivity index is 0.00000169. The van der Waals surface area contributed by atoms with Crippen LogP contribution in [-0.4, -0.2) is 0 Å². The summed E-state index contributed by atoms with van der Waals surface area (Å²) in [5.74, 6) is 5.49. The van der Waals surface area contributed by atoms with Gasteiger partial charge in [0, 0.05) is 18.6 Å². The zero-order valence-corrected chi connectivity index (χ0v) is 10.9. The van der Waals surface area contributed by atoms with E-state index in [2.05, 4.69) is 40.0 Å². The molecule has 3 heteroatoms. The number of nitrogens with two attached hydrogens (primary N) is 1. The summed E-state index contributed by atoms with van der Waals surface area (Å²) in [5.41, 5.74) is 10.4. The van der Waals surface area contributed by atoms with E-state index in [0.717, 1.165) is 5.69 Å². The maximum Gasteiger partial charge on any atom is 0.0548 e. The molecule has 0 atom stereocenters. The molecule has 0 aromatic heterocycles. The van der Waals surface area contributed by atoms with Gasteiger partial charge in [0.15, 0.2) is 0 Å². The van der Waals surface area contributed by atoms with Gasteiger partial charge in [-0.2, -0.15) is 0 Å². The summed E-state index contributed by atoms with van der Waals surface area (Å²) in [7, 11) is 0. The Morgan fingerprint density at radius 2 is 1.00 bits per heavy atom. The van der Waals surface area contributed by atoms with E-state index in [9.17, 15) is 0 Å². The largest absolute Gasteiger partial charge is 0.324 e. The number of nitrogen functional groups attached to an aromatic ring is 1. The molecular formula is C11H18N2V. The first kappa shape index (κ1) is 13.6. The van der Waals surface area contributed by atoms with Crippen LogP contribution in [0.25, 0.3) is 0 Å². The molecule has 0 aliphatic heterocycles. The Kier molecular flexibility index (Phi) is 4.72. The van der Waals surface area contributed by atoms with Gasteiger partial charge in [-0.15, -0.1) is 0 Å². The van der Waals surface area contributed by atoms with Crippen LogP contribution in [0.15, 0.2) is 0 Å². The molecule has 1 rings (SSSR count). The first-order valence-corrected chi connectivity index (χ1v) is 4.54. The molecule has 0 saturated heterocycles. The summed E-state index contributed by atoms with van der Waals surface area (Å²) in [6, 6.07) is 0. The topological polar surface area (TPSA) is 38.0 Å². The molecule has 1 aromatic rings. The molecule has 0 heterocycles. The van der Waals surface area contributed by atoms with E-state index >= 15 is 0 Å². The van der Waals surface area contributed by atoms with Gasteiger partial charge in [-0.3, -0.25) is 5.84 Å². The van der Waals surface area contributed by atoms with Gasteiger partial charge in [0.2, 0.25) is 0 Å². The van der Waals surface area contributed by atoms with Crippen molar-refractivity contribution in [2.75, 3.05) is 5.43 Å². The summed E-state index contributed by atoms with van der Waals surface area (Å²) in [6.45, 7) is 10.6. The molecule has 3 N–H and O–H groups in total. The molecule has 0 spiro atoms. The number of benzene rings is 1. The van der Waals surface area contributed by atoms with Gasteiger partial charge >= 0.3 is 0 Å². The standard InChI is InChI=1S/C11H18N2.V/c1-6-7(2)9(4)11(13-12)10(5)8(6)3;/h13H,12H2,1-5H3;. The summed E-state index contributed by atoms with van der Waals surface area (Å²) in [6.07, 6.45) is 0. The van der Waals surface area contributed by atoms with Gasteiger partial charge in [-0.05, 0) is 62.4 Å². The van der Waals surface area contributed by atoms with E-state index in [0.29, 0.717) is 0 Å². The molecule has 0 fully saturated rings. The first-order chi connectivity index (χ1) is 6.00. The van der Waals surface area contributed by atoms with E-state index in [1.165, 1.54) is 27.8 Å². The van der Waals surface area contributed by atoms with Gasteiger partial charge in [0.1, 0.15) is 0 Å². The van der Waals surface area contributed by atoms with Crippen molar-refractivity contribution < 1.29 is 18.6 Å². The normalized spacial score (nSPS) is 9.57. The summed E-state index contributed by atoms with van der Waals surface area (Å²) < 4.78 is 0. The van der Waals surface area contributed by atoms with Gasteiger partial charge in [-0.1, -0.05) is 0 Å². The summed E-state index contributed by atoms with van der Waals surface area (Å²) >= 11 is 0. The van der Waals surface area contributed by atoms with Gasteiger partial charge < -0.3 is 5.43 Å². The Morgan fingerprint density at radius 1 is 0.714 bits per heavy atom. The van der Waals surface area contributed by atoms with Crippen LogP contribution in [0.4, 0.5) is 5.69 Å². The Bertz CT molecular complexity index is 317. The Morgan fingerprint density at radius 3 is 1.29 bits per heavy atom. The molecule has 0 saturated carbocycles. The fourth-order valence-electron chi connectivity index (χ4n) is 1.72. The fraction of sp³-hybridized carbons (Fsp3) is 0.455. The third-order valence-corrected chi connectivity index (χ3v) is 3.14. The monoisotopic (exact) mass is 229 g/mol. The SMILES string of the molecule is Cc1c(C)c(C)c(NN)c(C)c1C.[V]. The van der Waals surface area contributed by atoms with Crippen LogP contribution in [-0.2, 0) is 18.6 Å². The predicted octanol–water partition coefficient (Wildman–Crippen LogP) is 2.51. The maximum atomic E-state index is 5.49. The molecule has 1 radical (unpaired) electrons. The van der Waals surface area contributed by atoms with Crippen molar-refractivity contribution in [1.82, 2.24) is 0 Å². The number of rotatable bonds is 1. The van der Waals surface area contributed by atoms with Crippen molar-refractivity contribution in [3.63, 3.8) is 0 Å². The summed E-state index contributed by atoms with van der Waals surface area (Å²) in [4.78, 5) is 0. The van der Waals surface area contributed by atoms with E-state index in [1.807, 2.05) is 0 Å². The zero-order valence-electron chi connectivity index (χ0n) is 9.52. The fourth-order valence-corrected chi connectivity index (χ4v) is 1.72. The molecule has 2 nitrogen and oxygen atoms in total. The second-order valence-corrected chi connectivity index (χ2v) is 3.64. The van der Waals surface area contributed by atoms with E-state index in [4.69, 9.17) is 5.84 Å². The zero-order chi connectivity index (χ0) is 10.2. The average molecular weight is 229 g/mol. The molecule has 1 aromatic carbocycles. The van der Waals surface area contributed by atoms with Crippen LogP contribution in [0, 0.1) is 34.6 Å². The molecule has 0 unspecified atom stereocenters. The van der Waals surface area contributed by atoms with E-state index in [-0.39, 0.29) is 18.6 Å². The van der Waals surface area contributed by atoms with Gasteiger partial charge in [-0.25, -0.2) is 0 Å². The van der Waals surface area contributed by atoms with Crippen LogP contribution in [0.5, 0.6) is 0 Å². The van der Waals surface area contributed by atoms with Crippen molar-refractivity contribution in [1.29, 1.82) is 0 Å². The molecule has 77 valence electrons. The van der Waals surface area contributed by atoms with Crippen molar-refractivity contribution in [2.24, 2.45) is 5.84 Å². The van der Waals surface area contributed by atoms with E-state index in [1.54, 1.807) is 0 Å². The first-order valence-electron chi connectivity index (χ1n) is 4.54. The molecule has 14 heavy (non-hydrogen) atoms. The Hall–Kier alpha value is -0.436. The minimum Gasteiger partial charge on any atom is -0.324 e. The van der Waals surface area contributed by atoms with Crippen LogP contribution in [0.1, 0.15) is 27.8 Å². The van der Waals surface area contributed by atoms with Crippen LogP contribution in [0.3, 0.4) is 0 Å². The minimum atomic E-state index is 0. The van der Waals surface area contributed by atoms with Gasteiger partial charge in [0.05, 0.1) is 5.69 Å². The molecule has 0 aliphatic rings. The van der Waals surface area contributed by atoms with Crippen LogP contribution < -0.4 is 11.3 Å². The van der Waals surface area contributed by atoms with Crippen LogP contribution in [0.2, 0.25) is 0 Å². The predicted molar refractivity (Wildman–Crippen MR) is 57.9 cm³/mol. The van der Waals surface area contributed by atoms with E-state index < -0.39 is 0 Å². The number of hydrazine groups is 1. The minimum absolute atomic E-state index is 0. The van der Waals surface area contributed by atoms with Crippen molar-refractivity contribution in [2.45, 2.75) is 34.6 Å². The number of anilines is 1. The van der Waals surface area contributed by atoms with Crippen molar-refractivity contribution in [3.8, 4) is 0 Å². The van der Waals surface area contributed by atoms with Crippen molar-refractivity contribution >= 4 is 5.69 Å². The number of hydrogen-bond acceptors (Lipinski definition) is 2. The number of nitrogens with one attached hydrogen (secondary N) is 1. The summed E-state index contributed by atoms with van der Waals surface area (Å²) in [5, 5.41) is 0. The molecule has 0 bridgehead atoms. The smallest absolute Gasteiger partial charge is 0.0548 e. The Labute approximate surface area is 98.1 Å². The molecule has 0 amide bonds. The third-order valence-electron chi connectivity index (χ3n) is 3.14. The van der Waals surface area contributed by atoms with Crippen molar-refractivity contribution in [3.05, 3.63) is 27.8 Å². The van der Waals surface area contributed by atoms with Crippen LogP contribution >= 0.6 is 0 Å². The second kappa shape index (κ2) is 4.88. The quantitative estimate of drug-likeness (QED) is 0.573. The van der Waals surface area contributed by atoms with Gasteiger partial charge in [0.25, 0.3) is 0 Å². The number of hydrogen-bond donors (Lipinski definition) is 2. The second-order valence-electron chi connectivity index (χ2n) is 3.64. The average Bonchev–Trinajstić information content (AvgIpc) is 2.13. The third kappa shape index (κ3) is 1.97. The molecule has 0 aliphatic carbocycles. The maximum absolute atomic E-state index is 5.49.